The van der Waals surface area contributed by atoms with Crippen LogP contribution in [0.4, 0.5) is 4.39 Å². The Bertz CT molecular complexity index is 678. The minimum absolute atomic E-state index is 0.0349. The van der Waals surface area contributed by atoms with Crippen molar-refractivity contribution in [2.75, 3.05) is 6.61 Å². The molecule has 0 saturated carbocycles. The number of ether oxygens (including phenoxy) is 1. The van der Waals surface area contributed by atoms with E-state index in [-0.39, 0.29) is 29.8 Å². The van der Waals surface area contributed by atoms with Crippen molar-refractivity contribution in [1.82, 2.24) is 10.3 Å². The van der Waals surface area contributed by atoms with Crippen LogP contribution in [0.1, 0.15) is 25.8 Å². The van der Waals surface area contributed by atoms with Crippen LogP contribution in [0.5, 0.6) is 0 Å². The van der Waals surface area contributed by atoms with Crippen molar-refractivity contribution in [3.8, 4) is 0 Å². The van der Waals surface area contributed by atoms with Crippen molar-refractivity contribution in [2.45, 2.75) is 38.3 Å². The highest BCUT2D eigenvalue weighted by atomic mass is 19.1. The Balaban J connectivity index is 1.72. The van der Waals surface area contributed by atoms with Crippen molar-refractivity contribution in [3.05, 3.63) is 35.8 Å². The minimum atomic E-state index is -0.320. The number of H-pyrrole nitrogens is 1. The number of halogens is 1. The Morgan fingerprint density at radius 1 is 1.52 bits per heavy atom. The molecule has 0 spiro atoms. The summed E-state index contributed by atoms with van der Waals surface area (Å²) >= 11 is 0. The van der Waals surface area contributed by atoms with E-state index in [1.807, 2.05) is 13.8 Å². The number of aromatic amines is 1. The van der Waals surface area contributed by atoms with Gasteiger partial charge in [0.25, 0.3) is 0 Å². The maximum Gasteiger partial charge on any atom is 0.224 e. The zero-order valence-electron chi connectivity index (χ0n) is 12.2. The van der Waals surface area contributed by atoms with Gasteiger partial charge in [0.1, 0.15) is 5.82 Å². The number of rotatable bonds is 3. The van der Waals surface area contributed by atoms with E-state index in [9.17, 15) is 9.18 Å². The van der Waals surface area contributed by atoms with E-state index in [4.69, 9.17) is 4.74 Å². The second-order valence-electron chi connectivity index (χ2n) is 6.04. The lowest BCUT2D eigenvalue weighted by Crippen LogP contribution is -2.46. The van der Waals surface area contributed by atoms with Gasteiger partial charge in [-0.3, -0.25) is 4.79 Å². The smallest absolute Gasteiger partial charge is 0.224 e. The van der Waals surface area contributed by atoms with Gasteiger partial charge in [-0.25, -0.2) is 4.39 Å². The van der Waals surface area contributed by atoms with Crippen LogP contribution in [0.3, 0.4) is 0 Å². The third-order valence-corrected chi connectivity index (χ3v) is 4.14. The molecule has 0 radical (unpaired) electrons. The van der Waals surface area contributed by atoms with Crippen LogP contribution in [0.15, 0.2) is 24.4 Å². The van der Waals surface area contributed by atoms with Crippen LogP contribution >= 0.6 is 0 Å². The molecule has 2 N–H and O–H groups in total. The van der Waals surface area contributed by atoms with Crippen molar-refractivity contribution in [2.24, 2.45) is 0 Å². The Labute approximate surface area is 122 Å². The lowest BCUT2D eigenvalue weighted by Gasteiger charge is -2.26. The molecule has 1 aliphatic heterocycles. The standard InChI is InChI=1S/C16H19FN2O2/c1-16(2)14(5-6-21-16)19-15(20)7-10-9-18-13-8-11(17)3-4-12(10)13/h3-4,8-9,14,18H,5-7H2,1-2H3,(H,19,20). The van der Waals surface area contributed by atoms with Crippen LogP contribution in [0.25, 0.3) is 10.9 Å². The highest BCUT2D eigenvalue weighted by Gasteiger charge is 2.36. The summed E-state index contributed by atoms with van der Waals surface area (Å²) in [5, 5.41) is 3.91. The molecule has 1 amide bonds. The number of nitrogens with one attached hydrogen (secondary N) is 2. The zero-order chi connectivity index (χ0) is 15.0. The fourth-order valence-corrected chi connectivity index (χ4v) is 2.86. The van der Waals surface area contributed by atoms with Crippen molar-refractivity contribution in [3.63, 3.8) is 0 Å². The van der Waals surface area contributed by atoms with Gasteiger partial charge in [-0.05, 0) is 44.0 Å². The first-order valence-corrected chi connectivity index (χ1v) is 7.14. The van der Waals surface area contributed by atoms with E-state index < -0.39 is 0 Å². The molecule has 4 nitrogen and oxygen atoms in total. The maximum absolute atomic E-state index is 13.2. The molecule has 1 aliphatic rings. The van der Waals surface area contributed by atoms with Gasteiger partial charge in [-0.15, -0.1) is 0 Å². The topological polar surface area (TPSA) is 54.1 Å². The monoisotopic (exact) mass is 290 g/mol. The predicted molar refractivity (Wildman–Crippen MR) is 78.5 cm³/mol. The molecule has 5 heteroatoms. The first-order valence-electron chi connectivity index (χ1n) is 7.14. The van der Waals surface area contributed by atoms with Crippen LogP contribution in [-0.4, -0.2) is 29.1 Å². The van der Waals surface area contributed by atoms with Gasteiger partial charge >= 0.3 is 0 Å². The molecule has 0 aliphatic carbocycles. The molecule has 1 fully saturated rings. The summed E-state index contributed by atoms with van der Waals surface area (Å²) in [5.74, 6) is -0.325. The molecule has 2 heterocycles. The molecule has 1 unspecified atom stereocenters. The summed E-state index contributed by atoms with van der Waals surface area (Å²) in [6.07, 6.45) is 2.87. The second kappa shape index (κ2) is 5.15. The summed E-state index contributed by atoms with van der Waals surface area (Å²) in [5.41, 5.74) is 1.26. The summed E-state index contributed by atoms with van der Waals surface area (Å²) in [6, 6.07) is 4.58. The Morgan fingerprint density at radius 3 is 3.05 bits per heavy atom. The van der Waals surface area contributed by atoms with E-state index >= 15 is 0 Å². The molecule has 2 aromatic rings. The molecule has 1 atom stereocenters. The molecule has 1 aromatic carbocycles. The lowest BCUT2D eigenvalue weighted by atomic mass is 9.98. The normalized spacial score (nSPS) is 20.8. The molecule has 1 aromatic heterocycles. The average Bonchev–Trinajstić information content (AvgIpc) is 2.94. The number of carbonyl (C=O) groups excluding carboxylic acids is 1. The Morgan fingerprint density at radius 2 is 2.33 bits per heavy atom. The van der Waals surface area contributed by atoms with Crippen LogP contribution in [-0.2, 0) is 16.0 Å². The van der Waals surface area contributed by atoms with Crippen LogP contribution in [0, 0.1) is 5.82 Å². The second-order valence-corrected chi connectivity index (χ2v) is 6.04. The van der Waals surface area contributed by atoms with Gasteiger partial charge in [0.15, 0.2) is 0 Å². The number of hydrogen-bond donors (Lipinski definition) is 2. The van der Waals surface area contributed by atoms with Crippen molar-refractivity contribution in [1.29, 1.82) is 0 Å². The largest absolute Gasteiger partial charge is 0.373 e. The van der Waals surface area contributed by atoms with Gasteiger partial charge < -0.3 is 15.0 Å². The highest BCUT2D eigenvalue weighted by Crippen LogP contribution is 2.25. The van der Waals surface area contributed by atoms with Gasteiger partial charge in [0.05, 0.1) is 18.1 Å². The molecule has 112 valence electrons. The van der Waals surface area contributed by atoms with E-state index in [0.717, 1.165) is 17.4 Å². The van der Waals surface area contributed by atoms with Gasteiger partial charge in [0.2, 0.25) is 5.91 Å². The Hall–Kier alpha value is -1.88. The number of benzene rings is 1. The fraction of sp³-hybridized carbons (Fsp3) is 0.438. The SMILES string of the molecule is CC1(C)OCCC1NC(=O)Cc1c[nH]c2cc(F)ccc12. The lowest BCUT2D eigenvalue weighted by molar-refractivity contribution is -0.122. The summed E-state index contributed by atoms with van der Waals surface area (Å²) in [7, 11) is 0. The number of carbonyl (C=O) groups is 1. The molecule has 21 heavy (non-hydrogen) atoms. The number of fused-ring (bicyclic) bond motifs is 1. The fourth-order valence-electron chi connectivity index (χ4n) is 2.86. The number of hydrogen-bond acceptors (Lipinski definition) is 2. The van der Waals surface area contributed by atoms with Crippen molar-refractivity contribution >= 4 is 16.8 Å². The third-order valence-electron chi connectivity index (χ3n) is 4.14. The molecule has 3 rings (SSSR count). The highest BCUT2D eigenvalue weighted by molar-refractivity contribution is 5.89. The summed E-state index contributed by atoms with van der Waals surface area (Å²) in [6.45, 7) is 4.64. The first kappa shape index (κ1) is 14.1. The Kier molecular flexibility index (Phi) is 3.45. The van der Waals surface area contributed by atoms with E-state index in [1.54, 1.807) is 12.3 Å². The van der Waals surface area contributed by atoms with E-state index in [1.165, 1.54) is 12.1 Å². The maximum atomic E-state index is 13.2. The average molecular weight is 290 g/mol. The van der Waals surface area contributed by atoms with Gasteiger partial charge in [-0.2, -0.15) is 0 Å². The van der Waals surface area contributed by atoms with Crippen LogP contribution in [0.2, 0.25) is 0 Å². The van der Waals surface area contributed by atoms with Gasteiger partial charge in [-0.1, -0.05) is 0 Å². The number of amides is 1. The third kappa shape index (κ3) is 2.78. The molecule has 0 bridgehead atoms. The summed E-state index contributed by atoms with van der Waals surface area (Å²) < 4.78 is 18.8. The molecular formula is C16H19FN2O2. The molecule has 1 saturated heterocycles. The molecular weight excluding hydrogens is 271 g/mol. The van der Waals surface area contributed by atoms with Crippen molar-refractivity contribution < 1.29 is 13.9 Å². The van der Waals surface area contributed by atoms with E-state index in [0.29, 0.717) is 12.1 Å². The summed E-state index contributed by atoms with van der Waals surface area (Å²) in [4.78, 5) is 15.2. The van der Waals surface area contributed by atoms with Crippen LogP contribution < -0.4 is 5.32 Å². The first-order chi connectivity index (χ1) is 9.95. The van der Waals surface area contributed by atoms with Gasteiger partial charge in [0, 0.05) is 23.7 Å². The van der Waals surface area contributed by atoms with E-state index in [2.05, 4.69) is 10.3 Å². The zero-order valence-corrected chi connectivity index (χ0v) is 12.2. The quantitative estimate of drug-likeness (QED) is 0.912. The number of aromatic nitrogens is 1. The minimum Gasteiger partial charge on any atom is -0.373 e. The predicted octanol–water partition coefficient (Wildman–Crippen LogP) is 2.53.